The molecule has 0 bridgehead atoms. The van der Waals surface area contributed by atoms with Gasteiger partial charge in [0.25, 0.3) is 0 Å². The minimum atomic E-state index is 0.740. The number of benzene rings is 1. The van der Waals surface area contributed by atoms with Gasteiger partial charge in [-0.15, -0.1) is 0 Å². The molecule has 1 aliphatic heterocycles. The van der Waals surface area contributed by atoms with E-state index in [2.05, 4.69) is 27.5 Å². The lowest BCUT2D eigenvalue weighted by molar-refractivity contribution is 0.152. The molecule has 0 spiro atoms. The number of ether oxygens (including phenoxy) is 1. The fourth-order valence-corrected chi connectivity index (χ4v) is 1.59. The quantitative estimate of drug-likeness (QED) is 0.599. The van der Waals surface area contributed by atoms with Crippen molar-refractivity contribution in [3.05, 3.63) is 30.3 Å². The van der Waals surface area contributed by atoms with Crippen molar-refractivity contribution in [2.45, 2.75) is 26.7 Å². The monoisotopic (exact) mass is 349 g/mol. The van der Waals surface area contributed by atoms with Crippen LogP contribution in [0, 0.1) is 0 Å². The van der Waals surface area contributed by atoms with Gasteiger partial charge in [0.1, 0.15) is 12.5 Å². The van der Waals surface area contributed by atoms with Crippen molar-refractivity contribution in [1.82, 2.24) is 4.90 Å². The summed E-state index contributed by atoms with van der Waals surface area (Å²) in [6, 6.07) is 9.99. The van der Waals surface area contributed by atoms with Gasteiger partial charge in [0.05, 0.1) is 0 Å². The molecule has 0 aliphatic carbocycles. The molecule has 1 saturated heterocycles. The molecular formula is C14H24INO. The molecule has 1 aromatic rings. The van der Waals surface area contributed by atoms with Gasteiger partial charge < -0.3 is 4.74 Å². The van der Waals surface area contributed by atoms with E-state index in [1.165, 1.54) is 25.9 Å². The molecule has 1 aliphatic rings. The number of para-hydroxylation sites is 1. The normalized spacial score (nSPS) is 14.1. The highest BCUT2D eigenvalue weighted by Gasteiger charge is 2.10. The summed E-state index contributed by atoms with van der Waals surface area (Å²) in [5, 5.41) is 0. The summed E-state index contributed by atoms with van der Waals surface area (Å²) >= 11 is 2.15. The first-order chi connectivity index (χ1) is 8.45. The Kier molecular flexibility index (Phi) is 12.0. The number of hydrogen-bond donors (Lipinski definition) is 0. The van der Waals surface area contributed by atoms with Crippen molar-refractivity contribution in [2.24, 2.45) is 0 Å². The molecule has 3 heteroatoms. The van der Waals surface area contributed by atoms with Crippen LogP contribution in [0.2, 0.25) is 0 Å². The average Bonchev–Trinajstić information content (AvgIpc) is 2.95. The summed E-state index contributed by atoms with van der Waals surface area (Å²) in [6.45, 7) is 7.11. The van der Waals surface area contributed by atoms with Gasteiger partial charge in [0.2, 0.25) is 0 Å². The van der Waals surface area contributed by atoms with Crippen molar-refractivity contribution in [2.75, 3.05) is 24.8 Å². The lowest BCUT2D eigenvalue weighted by Crippen LogP contribution is -2.24. The van der Waals surface area contributed by atoms with Crippen molar-refractivity contribution >= 4 is 22.6 Å². The number of rotatable bonds is 3. The van der Waals surface area contributed by atoms with Crippen LogP contribution in [-0.2, 0) is 0 Å². The third-order valence-corrected chi connectivity index (χ3v) is 2.36. The van der Waals surface area contributed by atoms with Gasteiger partial charge in [-0.25, -0.2) is 0 Å². The maximum Gasteiger partial charge on any atom is 0.142 e. The summed E-state index contributed by atoms with van der Waals surface area (Å²) in [5.41, 5.74) is 0. The molecule has 0 aromatic heterocycles. The SMILES string of the molecule is CC.CI.c1ccc(OCN2CCCC2)cc1. The van der Waals surface area contributed by atoms with Gasteiger partial charge >= 0.3 is 0 Å². The lowest BCUT2D eigenvalue weighted by Gasteiger charge is -2.15. The number of nitrogens with zero attached hydrogens (tertiary/aromatic N) is 1. The molecule has 1 fully saturated rings. The molecule has 0 radical (unpaired) electrons. The first-order valence-corrected chi connectivity index (χ1v) is 8.39. The van der Waals surface area contributed by atoms with Crippen LogP contribution in [0.15, 0.2) is 30.3 Å². The average molecular weight is 349 g/mol. The van der Waals surface area contributed by atoms with E-state index in [1.54, 1.807) is 0 Å². The first-order valence-electron chi connectivity index (χ1n) is 6.23. The van der Waals surface area contributed by atoms with E-state index in [4.69, 9.17) is 4.74 Å². The van der Waals surface area contributed by atoms with Crippen LogP contribution >= 0.6 is 22.6 Å². The molecule has 0 atom stereocenters. The van der Waals surface area contributed by atoms with E-state index in [-0.39, 0.29) is 0 Å². The summed E-state index contributed by atoms with van der Waals surface area (Å²) in [7, 11) is 0. The van der Waals surface area contributed by atoms with Gasteiger partial charge in [0, 0.05) is 13.1 Å². The van der Waals surface area contributed by atoms with E-state index in [0.717, 1.165) is 12.5 Å². The zero-order chi connectivity index (χ0) is 12.9. The van der Waals surface area contributed by atoms with Gasteiger partial charge in [-0.1, -0.05) is 54.6 Å². The summed E-state index contributed by atoms with van der Waals surface area (Å²) in [4.78, 5) is 4.31. The molecule has 1 heterocycles. The second kappa shape index (κ2) is 12.2. The third-order valence-electron chi connectivity index (χ3n) is 2.36. The second-order valence-corrected chi connectivity index (χ2v) is 3.41. The van der Waals surface area contributed by atoms with Crippen molar-refractivity contribution < 1.29 is 4.74 Å². The molecule has 0 amide bonds. The van der Waals surface area contributed by atoms with E-state index in [1.807, 2.05) is 49.1 Å². The van der Waals surface area contributed by atoms with Crippen LogP contribution in [0.1, 0.15) is 26.7 Å². The van der Waals surface area contributed by atoms with Crippen LogP contribution in [0.3, 0.4) is 0 Å². The Hall–Kier alpha value is -0.290. The van der Waals surface area contributed by atoms with Crippen LogP contribution in [-0.4, -0.2) is 29.7 Å². The number of halogens is 1. The van der Waals surface area contributed by atoms with E-state index >= 15 is 0 Å². The minimum absolute atomic E-state index is 0.740. The Balaban J connectivity index is 0.000000581. The standard InChI is InChI=1S/C11H15NO.C2H6.CH3I/c1-2-6-11(7-3-1)13-10-12-8-4-5-9-12;2*1-2/h1-3,6-7H,4-5,8-10H2;1-2H3;1H3. The van der Waals surface area contributed by atoms with Crippen LogP contribution in [0.4, 0.5) is 0 Å². The molecule has 0 saturated carbocycles. The minimum Gasteiger partial charge on any atom is -0.478 e. The van der Waals surface area contributed by atoms with Crippen molar-refractivity contribution in [3.63, 3.8) is 0 Å². The first kappa shape index (κ1) is 16.7. The Morgan fingerprint density at radius 1 is 1.06 bits per heavy atom. The van der Waals surface area contributed by atoms with Crippen molar-refractivity contribution in [3.8, 4) is 5.75 Å². The highest BCUT2D eigenvalue weighted by atomic mass is 127. The zero-order valence-electron chi connectivity index (χ0n) is 11.2. The lowest BCUT2D eigenvalue weighted by atomic mass is 10.3. The number of likely N-dealkylation sites (tertiary alicyclic amines) is 1. The largest absolute Gasteiger partial charge is 0.478 e. The Bertz CT molecular complexity index is 248. The van der Waals surface area contributed by atoms with E-state index in [9.17, 15) is 0 Å². The summed E-state index contributed by atoms with van der Waals surface area (Å²) in [5.74, 6) is 0.967. The van der Waals surface area contributed by atoms with Gasteiger partial charge in [-0.2, -0.15) is 0 Å². The predicted molar refractivity (Wildman–Crippen MR) is 84.0 cm³/mol. The molecule has 2 nitrogen and oxygen atoms in total. The fraction of sp³-hybridized carbons (Fsp3) is 0.571. The van der Waals surface area contributed by atoms with Gasteiger partial charge in [-0.3, -0.25) is 4.90 Å². The fourth-order valence-electron chi connectivity index (χ4n) is 1.59. The van der Waals surface area contributed by atoms with Crippen LogP contribution < -0.4 is 4.74 Å². The van der Waals surface area contributed by atoms with E-state index in [0.29, 0.717) is 0 Å². The molecular weight excluding hydrogens is 325 g/mol. The van der Waals surface area contributed by atoms with Gasteiger partial charge in [0.15, 0.2) is 0 Å². The Morgan fingerprint density at radius 2 is 1.59 bits per heavy atom. The summed E-state index contributed by atoms with van der Waals surface area (Å²) in [6.07, 6.45) is 2.64. The maximum atomic E-state index is 5.62. The molecule has 0 unspecified atom stereocenters. The Morgan fingerprint density at radius 3 is 2.12 bits per heavy atom. The molecule has 17 heavy (non-hydrogen) atoms. The number of hydrogen-bond acceptors (Lipinski definition) is 2. The highest BCUT2D eigenvalue weighted by Crippen LogP contribution is 2.11. The van der Waals surface area contributed by atoms with Crippen LogP contribution in [0.25, 0.3) is 0 Å². The smallest absolute Gasteiger partial charge is 0.142 e. The molecule has 0 N–H and O–H groups in total. The molecule has 98 valence electrons. The summed E-state index contributed by atoms with van der Waals surface area (Å²) < 4.78 is 5.62. The second-order valence-electron chi connectivity index (χ2n) is 3.41. The highest BCUT2D eigenvalue weighted by molar-refractivity contribution is 14.1. The predicted octanol–water partition coefficient (Wildman–Crippen LogP) is 4.20. The molecule has 2 rings (SSSR count). The third kappa shape index (κ3) is 7.60. The Labute approximate surface area is 119 Å². The van der Waals surface area contributed by atoms with Crippen LogP contribution in [0.5, 0.6) is 5.75 Å². The topological polar surface area (TPSA) is 12.5 Å². The molecule has 1 aromatic carbocycles. The van der Waals surface area contributed by atoms with Gasteiger partial charge in [-0.05, 0) is 29.9 Å². The zero-order valence-corrected chi connectivity index (χ0v) is 13.3. The van der Waals surface area contributed by atoms with E-state index < -0.39 is 0 Å². The van der Waals surface area contributed by atoms with Crippen molar-refractivity contribution in [1.29, 1.82) is 0 Å². The number of alkyl halides is 1. The maximum absolute atomic E-state index is 5.62.